The van der Waals surface area contributed by atoms with Crippen molar-refractivity contribution in [2.75, 3.05) is 37.4 Å². The van der Waals surface area contributed by atoms with E-state index in [4.69, 9.17) is 15.9 Å². The lowest BCUT2D eigenvalue weighted by Gasteiger charge is -2.27. The molecule has 1 rings (SSSR count). The predicted octanol–water partition coefficient (Wildman–Crippen LogP) is 0.191. The van der Waals surface area contributed by atoms with Gasteiger partial charge in [-0.05, 0) is 31.5 Å². The van der Waals surface area contributed by atoms with Crippen LogP contribution in [-0.2, 0) is 4.79 Å². The Bertz CT molecular complexity index is 445. The third-order valence-electron chi connectivity index (χ3n) is 3.22. The van der Waals surface area contributed by atoms with E-state index in [1.807, 2.05) is 13.0 Å². The molecule has 0 aliphatic rings. The minimum Gasteiger partial charge on any atom is -0.399 e. The van der Waals surface area contributed by atoms with Gasteiger partial charge in [0.15, 0.2) is 0 Å². The van der Waals surface area contributed by atoms with Gasteiger partial charge in [-0.2, -0.15) is 0 Å². The highest BCUT2D eigenvalue weighted by Crippen LogP contribution is 2.18. The fraction of sp³-hybridized carbons (Fsp3) is 0.500. The highest BCUT2D eigenvalue weighted by Gasteiger charge is 2.21. The van der Waals surface area contributed by atoms with Crippen molar-refractivity contribution in [3.63, 3.8) is 0 Å². The first-order chi connectivity index (χ1) is 9.49. The number of anilines is 2. The minimum atomic E-state index is -0.449. The zero-order chi connectivity index (χ0) is 15.1. The Morgan fingerprint density at radius 1 is 1.35 bits per heavy atom. The summed E-state index contributed by atoms with van der Waals surface area (Å²) in [4.78, 5) is 13.9. The number of nitrogens with one attached hydrogen (secondary N) is 1. The highest BCUT2D eigenvalue weighted by atomic mass is 16.3. The lowest BCUT2D eigenvalue weighted by molar-refractivity contribution is -0.121. The number of aliphatic hydroxyl groups excluding tert-OH is 2. The lowest BCUT2D eigenvalue weighted by atomic mass is 10.1. The summed E-state index contributed by atoms with van der Waals surface area (Å²) in [6, 6.07) is 4.88. The molecule has 0 aliphatic heterocycles. The van der Waals surface area contributed by atoms with E-state index in [9.17, 15) is 4.79 Å². The molecular weight excluding hydrogens is 258 g/mol. The SMILES string of the molecule is Cc1ccc(N)cc1NC(=O)C(C)N(CCO)CCO. The number of hydrogen-bond acceptors (Lipinski definition) is 5. The Hall–Kier alpha value is -1.63. The van der Waals surface area contributed by atoms with Crippen LogP contribution in [-0.4, -0.2) is 53.4 Å². The second-order valence-corrected chi connectivity index (χ2v) is 4.72. The number of aliphatic hydroxyl groups is 2. The molecule has 1 unspecified atom stereocenters. The van der Waals surface area contributed by atoms with Crippen LogP contribution in [0.5, 0.6) is 0 Å². The van der Waals surface area contributed by atoms with Gasteiger partial charge in [0.25, 0.3) is 0 Å². The van der Waals surface area contributed by atoms with Crippen molar-refractivity contribution in [3.8, 4) is 0 Å². The van der Waals surface area contributed by atoms with Gasteiger partial charge in [0, 0.05) is 24.5 Å². The second kappa shape index (κ2) is 7.84. The van der Waals surface area contributed by atoms with E-state index in [-0.39, 0.29) is 19.1 Å². The molecule has 0 saturated heterocycles. The maximum atomic E-state index is 12.2. The molecule has 0 fully saturated rings. The van der Waals surface area contributed by atoms with Gasteiger partial charge in [-0.25, -0.2) is 0 Å². The number of carbonyl (C=O) groups is 1. The summed E-state index contributed by atoms with van der Waals surface area (Å²) < 4.78 is 0. The normalized spacial score (nSPS) is 12.4. The summed E-state index contributed by atoms with van der Waals surface area (Å²) in [6.45, 7) is 4.18. The zero-order valence-corrected chi connectivity index (χ0v) is 12.0. The molecule has 0 heterocycles. The van der Waals surface area contributed by atoms with E-state index in [1.165, 1.54) is 0 Å². The van der Waals surface area contributed by atoms with E-state index in [0.29, 0.717) is 24.5 Å². The number of nitrogen functional groups attached to an aromatic ring is 1. The number of nitrogens with zero attached hydrogens (tertiary/aromatic N) is 1. The molecule has 5 N–H and O–H groups in total. The van der Waals surface area contributed by atoms with Gasteiger partial charge in [-0.1, -0.05) is 6.07 Å². The predicted molar refractivity (Wildman–Crippen MR) is 79.4 cm³/mol. The summed E-state index contributed by atoms with van der Waals surface area (Å²) in [5.41, 5.74) is 7.89. The van der Waals surface area contributed by atoms with E-state index in [2.05, 4.69) is 5.32 Å². The number of hydrogen-bond donors (Lipinski definition) is 4. The number of nitrogens with two attached hydrogens (primary N) is 1. The molecular formula is C14H23N3O3. The summed E-state index contributed by atoms with van der Waals surface area (Å²) in [5, 5.41) is 20.8. The lowest BCUT2D eigenvalue weighted by Crippen LogP contribution is -2.44. The number of amides is 1. The minimum absolute atomic E-state index is 0.0606. The monoisotopic (exact) mass is 281 g/mol. The number of rotatable bonds is 7. The molecule has 20 heavy (non-hydrogen) atoms. The third-order valence-corrected chi connectivity index (χ3v) is 3.22. The molecule has 0 radical (unpaired) electrons. The quantitative estimate of drug-likeness (QED) is 0.535. The average Bonchev–Trinajstić information content (AvgIpc) is 2.41. The van der Waals surface area contributed by atoms with Crippen LogP contribution in [0.3, 0.4) is 0 Å². The van der Waals surface area contributed by atoms with E-state index in [0.717, 1.165) is 5.56 Å². The zero-order valence-electron chi connectivity index (χ0n) is 12.0. The topological polar surface area (TPSA) is 98.8 Å². The molecule has 6 heteroatoms. The van der Waals surface area contributed by atoms with Crippen LogP contribution in [0.15, 0.2) is 18.2 Å². The van der Waals surface area contributed by atoms with Gasteiger partial charge in [-0.15, -0.1) is 0 Å². The number of benzene rings is 1. The molecule has 0 aromatic heterocycles. The molecule has 0 saturated carbocycles. The van der Waals surface area contributed by atoms with Crippen LogP contribution >= 0.6 is 0 Å². The van der Waals surface area contributed by atoms with Gasteiger partial charge in [0.1, 0.15) is 0 Å². The van der Waals surface area contributed by atoms with E-state index >= 15 is 0 Å². The molecule has 1 amide bonds. The van der Waals surface area contributed by atoms with Crippen molar-refractivity contribution in [1.29, 1.82) is 0 Å². The standard InChI is InChI=1S/C14H23N3O3/c1-10-3-4-12(15)9-13(10)16-14(20)11(2)17(5-7-18)6-8-19/h3-4,9,11,18-19H,5-8,15H2,1-2H3,(H,16,20). The highest BCUT2D eigenvalue weighted by molar-refractivity contribution is 5.95. The second-order valence-electron chi connectivity index (χ2n) is 4.72. The fourth-order valence-electron chi connectivity index (χ4n) is 1.93. The first kappa shape index (κ1) is 16.4. The van der Waals surface area contributed by atoms with Crippen LogP contribution in [0.4, 0.5) is 11.4 Å². The number of carbonyl (C=O) groups excluding carboxylic acids is 1. The third kappa shape index (κ3) is 4.48. The van der Waals surface area contributed by atoms with Crippen molar-refractivity contribution >= 4 is 17.3 Å². The van der Waals surface area contributed by atoms with Gasteiger partial charge < -0.3 is 21.3 Å². The molecule has 0 spiro atoms. The van der Waals surface area contributed by atoms with Crippen molar-refractivity contribution < 1.29 is 15.0 Å². The summed E-state index contributed by atoms with van der Waals surface area (Å²) in [6.07, 6.45) is 0. The Morgan fingerprint density at radius 3 is 2.50 bits per heavy atom. The molecule has 1 atom stereocenters. The molecule has 0 aliphatic carbocycles. The summed E-state index contributed by atoms with van der Waals surface area (Å²) in [5.74, 6) is -0.194. The van der Waals surface area contributed by atoms with Gasteiger partial charge >= 0.3 is 0 Å². The van der Waals surface area contributed by atoms with Crippen LogP contribution in [0.2, 0.25) is 0 Å². The van der Waals surface area contributed by atoms with Crippen molar-refractivity contribution in [3.05, 3.63) is 23.8 Å². The van der Waals surface area contributed by atoms with E-state index < -0.39 is 6.04 Å². The van der Waals surface area contributed by atoms with Gasteiger partial charge in [-0.3, -0.25) is 9.69 Å². The number of aryl methyl sites for hydroxylation is 1. The molecule has 6 nitrogen and oxygen atoms in total. The maximum absolute atomic E-state index is 12.2. The summed E-state index contributed by atoms with van der Waals surface area (Å²) in [7, 11) is 0. The Labute approximate surface area is 119 Å². The van der Waals surface area contributed by atoms with Gasteiger partial charge in [0.05, 0.1) is 19.3 Å². The first-order valence-electron chi connectivity index (χ1n) is 6.62. The van der Waals surface area contributed by atoms with Crippen LogP contribution in [0.25, 0.3) is 0 Å². The van der Waals surface area contributed by atoms with Crippen LogP contribution in [0, 0.1) is 6.92 Å². The molecule has 112 valence electrons. The van der Waals surface area contributed by atoms with Gasteiger partial charge in [0.2, 0.25) is 5.91 Å². The Balaban J connectivity index is 2.75. The van der Waals surface area contributed by atoms with Crippen molar-refractivity contribution in [2.45, 2.75) is 19.9 Å². The summed E-state index contributed by atoms with van der Waals surface area (Å²) >= 11 is 0. The Morgan fingerprint density at radius 2 is 1.95 bits per heavy atom. The maximum Gasteiger partial charge on any atom is 0.241 e. The molecule has 0 bridgehead atoms. The largest absolute Gasteiger partial charge is 0.399 e. The first-order valence-corrected chi connectivity index (χ1v) is 6.62. The van der Waals surface area contributed by atoms with Crippen LogP contribution < -0.4 is 11.1 Å². The molecule has 1 aromatic carbocycles. The molecule has 1 aromatic rings. The van der Waals surface area contributed by atoms with Crippen molar-refractivity contribution in [2.24, 2.45) is 0 Å². The fourth-order valence-corrected chi connectivity index (χ4v) is 1.93. The average molecular weight is 281 g/mol. The van der Waals surface area contributed by atoms with Crippen LogP contribution in [0.1, 0.15) is 12.5 Å². The van der Waals surface area contributed by atoms with E-state index in [1.54, 1.807) is 24.0 Å². The Kier molecular flexibility index (Phi) is 6.44. The van der Waals surface area contributed by atoms with Crippen molar-refractivity contribution in [1.82, 2.24) is 4.90 Å². The smallest absolute Gasteiger partial charge is 0.241 e.